The SMILES string of the molecule is CC(CO)N1CCC[C@H](C2CNC2)C1. The van der Waals surface area contributed by atoms with Crippen LogP contribution in [0.4, 0.5) is 0 Å². The molecule has 0 aromatic rings. The summed E-state index contributed by atoms with van der Waals surface area (Å²) >= 11 is 0. The third kappa shape index (κ3) is 2.10. The topological polar surface area (TPSA) is 35.5 Å². The van der Waals surface area contributed by atoms with E-state index in [1.807, 2.05) is 0 Å². The molecule has 2 N–H and O–H groups in total. The van der Waals surface area contributed by atoms with Gasteiger partial charge in [0.05, 0.1) is 6.61 Å². The highest BCUT2D eigenvalue weighted by molar-refractivity contribution is 4.87. The number of hydrogen-bond donors (Lipinski definition) is 2. The predicted molar refractivity (Wildman–Crippen MR) is 57.2 cm³/mol. The molecule has 2 fully saturated rings. The highest BCUT2D eigenvalue weighted by atomic mass is 16.3. The average molecular weight is 198 g/mol. The van der Waals surface area contributed by atoms with Gasteiger partial charge in [0.15, 0.2) is 0 Å². The van der Waals surface area contributed by atoms with E-state index in [2.05, 4.69) is 17.1 Å². The number of rotatable bonds is 3. The Balaban J connectivity index is 1.83. The highest BCUT2D eigenvalue weighted by Crippen LogP contribution is 2.27. The van der Waals surface area contributed by atoms with Crippen LogP contribution in [0.15, 0.2) is 0 Å². The van der Waals surface area contributed by atoms with Gasteiger partial charge in [-0.2, -0.15) is 0 Å². The fourth-order valence-electron chi connectivity index (χ4n) is 2.59. The first-order chi connectivity index (χ1) is 6.81. The summed E-state index contributed by atoms with van der Waals surface area (Å²) < 4.78 is 0. The number of likely N-dealkylation sites (tertiary alicyclic amines) is 1. The molecule has 3 nitrogen and oxygen atoms in total. The summed E-state index contributed by atoms with van der Waals surface area (Å²) in [5.74, 6) is 1.78. The van der Waals surface area contributed by atoms with Crippen LogP contribution >= 0.6 is 0 Å². The molecule has 0 aromatic carbocycles. The zero-order valence-corrected chi connectivity index (χ0v) is 9.08. The summed E-state index contributed by atoms with van der Waals surface area (Å²) in [7, 11) is 0. The molecule has 2 aliphatic heterocycles. The molecule has 0 aromatic heterocycles. The molecule has 2 atom stereocenters. The normalized spacial score (nSPS) is 32.6. The van der Waals surface area contributed by atoms with Gasteiger partial charge in [-0.15, -0.1) is 0 Å². The lowest BCUT2D eigenvalue weighted by Crippen LogP contribution is -2.52. The van der Waals surface area contributed by atoms with Crippen molar-refractivity contribution in [3.8, 4) is 0 Å². The van der Waals surface area contributed by atoms with Gasteiger partial charge in [0.1, 0.15) is 0 Å². The quantitative estimate of drug-likeness (QED) is 0.684. The van der Waals surface area contributed by atoms with E-state index in [9.17, 15) is 0 Å². The number of hydrogen-bond acceptors (Lipinski definition) is 3. The van der Waals surface area contributed by atoms with Crippen molar-refractivity contribution in [3.63, 3.8) is 0 Å². The van der Waals surface area contributed by atoms with E-state index >= 15 is 0 Å². The fraction of sp³-hybridized carbons (Fsp3) is 1.00. The number of aliphatic hydroxyl groups is 1. The van der Waals surface area contributed by atoms with Crippen molar-refractivity contribution in [1.82, 2.24) is 10.2 Å². The van der Waals surface area contributed by atoms with Crippen LogP contribution in [-0.4, -0.2) is 48.8 Å². The molecule has 3 heteroatoms. The summed E-state index contributed by atoms with van der Waals surface area (Å²) in [6, 6.07) is 0.353. The third-order valence-corrected chi connectivity index (χ3v) is 3.86. The molecule has 0 aliphatic carbocycles. The van der Waals surface area contributed by atoms with Crippen LogP contribution in [0.2, 0.25) is 0 Å². The lowest BCUT2D eigenvalue weighted by Gasteiger charge is -2.42. The average Bonchev–Trinajstić information content (AvgIpc) is 2.14. The van der Waals surface area contributed by atoms with E-state index < -0.39 is 0 Å². The van der Waals surface area contributed by atoms with Gasteiger partial charge >= 0.3 is 0 Å². The van der Waals surface area contributed by atoms with E-state index in [0.29, 0.717) is 12.6 Å². The maximum absolute atomic E-state index is 9.13. The Hall–Kier alpha value is -0.120. The van der Waals surface area contributed by atoms with Gasteiger partial charge in [-0.3, -0.25) is 4.90 Å². The molecule has 0 radical (unpaired) electrons. The zero-order chi connectivity index (χ0) is 9.97. The van der Waals surface area contributed by atoms with Gasteiger partial charge in [0.25, 0.3) is 0 Å². The van der Waals surface area contributed by atoms with Gasteiger partial charge in [-0.05, 0) is 51.2 Å². The van der Waals surface area contributed by atoms with Crippen LogP contribution in [0.25, 0.3) is 0 Å². The lowest BCUT2D eigenvalue weighted by molar-refractivity contribution is 0.0581. The molecule has 2 rings (SSSR count). The van der Waals surface area contributed by atoms with Crippen LogP contribution in [0.5, 0.6) is 0 Å². The van der Waals surface area contributed by atoms with Crippen molar-refractivity contribution in [1.29, 1.82) is 0 Å². The second-order valence-corrected chi connectivity index (χ2v) is 4.85. The lowest BCUT2D eigenvalue weighted by atomic mass is 9.81. The number of piperidine rings is 1. The maximum atomic E-state index is 9.13. The summed E-state index contributed by atoms with van der Waals surface area (Å²) in [4.78, 5) is 2.45. The fourth-order valence-corrected chi connectivity index (χ4v) is 2.59. The van der Waals surface area contributed by atoms with Gasteiger partial charge in [-0.25, -0.2) is 0 Å². The van der Waals surface area contributed by atoms with Crippen molar-refractivity contribution >= 4 is 0 Å². The van der Waals surface area contributed by atoms with Crippen molar-refractivity contribution in [2.75, 3.05) is 32.8 Å². The van der Waals surface area contributed by atoms with Gasteiger partial charge < -0.3 is 10.4 Å². The molecular formula is C11H22N2O. The second-order valence-electron chi connectivity index (χ2n) is 4.85. The zero-order valence-electron chi connectivity index (χ0n) is 9.08. The summed E-state index contributed by atoms with van der Waals surface area (Å²) in [6.45, 7) is 7.24. The predicted octanol–water partition coefficient (Wildman–Crippen LogP) is 0.299. The Kier molecular flexibility index (Phi) is 3.42. The van der Waals surface area contributed by atoms with Crippen molar-refractivity contribution in [3.05, 3.63) is 0 Å². The van der Waals surface area contributed by atoms with Crippen LogP contribution in [0.3, 0.4) is 0 Å². The Morgan fingerprint density at radius 3 is 2.79 bits per heavy atom. The van der Waals surface area contributed by atoms with Gasteiger partial charge in [0, 0.05) is 12.6 Å². The minimum Gasteiger partial charge on any atom is -0.395 e. The molecule has 0 spiro atoms. The minimum absolute atomic E-state index is 0.301. The smallest absolute Gasteiger partial charge is 0.0584 e. The van der Waals surface area contributed by atoms with Crippen molar-refractivity contribution < 1.29 is 5.11 Å². The molecule has 1 unspecified atom stereocenters. The molecule has 2 saturated heterocycles. The standard InChI is InChI=1S/C11H22N2O/c1-9(8-14)13-4-2-3-10(7-13)11-5-12-6-11/h9-12,14H,2-8H2,1H3/t9?,10-/m0/s1. The minimum atomic E-state index is 0.301. The first kappa shape index (κ1) is 10.4. The molecule has 82 valence electrons. The number of aliphatic hydroxyl groups excluding tert-OH is 1. The van der Waals surface area contributed by atoms with Crippen LogP contribution in [0.1, 0.15) is 19.8 Å². The Labute approximate surface area is 86.5 Å². The molecule has 0 amide bonds. The highest BCUT2D eigenvalue weighted by Gasteiger charge is 2.31. The van der Waals surface area contributed by atoms with E-state index in [-0.39, 0.29) is 0 Å². The molecular weight excluding hydrogens is 176 g/mol. The van der Waals surface area contributed by atoms with Crippen molar-refractivity contribution in [2.24, 2.45) is 11.8 Å². The Bertz CT molecular complexity index is 171. The van der Waals surface area contributed by atoms with Crippen molar-refractivity contribution in [2.45, 2.75) is 25.8 Å². The molecule has 0 bridgehead atoms. The number of nitrogens with one attached hydrogen (secondary N) is 1. The summed E-state index contributed by atoms with van der Waals surface area (Å²) in [6.07, 6.45) is 2.70. The monoisotopic (exact) mass is 198 g/mol. The first-order valence-corrected chi connectivity index (χ1v) is 5.87. The van der Waals surface area contributed by atoms with Gasteiger partial charge in [-0.1, -0.05) is 0 Å². The van der Waals surface area contributed by atoms with Crippen LogP contribution in [0, 0.1) is 11.8 Å². The molecule has 0 saturated carbocycles. The van der Waals surface area contributed by atoms with Crippen LogP contribution in [-0.2, 0) is 0 Å². The van der Waals surface area contributed by atoms with Crippen LogP contribution < -0.4 is 5.32 Å². The molecule has 2 heterocycles. The molecule has 2 aliphatic rings. The second kappa shape index (κ2) is 4.60. The summed E-state index contributed by atoms with van der Waals surface area (Å²) in [5.41, 5.74) is 0. The van der Waals surface area contributed by atoms with E-state index in [1.54, 1.807) is 0 Å². The van der Waals surface area contributed by atoms with Gasteiger partial charge in [0.2, 0.25) is 0 Å². The Morgan fingerprint density at radius 2 is 2.21 bits per heavy atom. The van der Waals surface area contributed by atoms with E-state index in [1.165, 1.54) is 39.0 Å². The maximum Gasteiger partial charge on any atom is 0.0584 e. The summed E-state index contributed by atoms with van der Waals surface area (Å²) in [5, 5.41) is 12.5. The van der Waals surface area contributed by atoms with E-state index in [4.69, 9.17) is 5.11 Å². The third-order valence-electron chi connectivity index (χ3n) is 3.86. The Morgan fingerprint density at radius 1 is 1.43 bits per heavy atom. The molecule has 14 heavy (non-hydrogen) atoms. The number of nitrogens with zero attached hydrogens (tertiary/aromatic N) is 1. The first-order valence-electron chi connectivity index (χ1n) is 5.87. The van der Waals surface area contributed by atoms with E-state index in [0.717, 1.165) is 11.8 Å². The largest absolute Gasteiger partial charge is 0.395 e.